The zero-order valence-corrected chi connectivity index (χ0v) is 14.9. The minimum atomic E-state index is 0.139. The van der Waals surface area contributed by atoms with Crippen LogP contribution in [0.25, 0.3) is 10.9 Å². The third kappa shape index (κ3) is 2.86. The summed E-state index contributed by atoms with van der Waals surface area (Å²) in [6.45, 7) is 1.64. The normalized spacial score (nSPS) is 15.8. The zero-order chi connectivity index (χ0) is 16.5. The predicted molar refractivity (Wildman–Crippen MR) is 100 cm³/mol. The molecule has 4 rings (SSSR count). The van der Waals surface area contributed by atoms with Gasteiger partial charge in [0.25, 0.3) is 5.91 Å². The monoisotopic (exact) mass is 382 g/mol. The number of hydrogen-bond acceptors (Lipinski definition) is 1. The molecule has 3 aromatic rings. The van der Waals surface area contributed by atoms with Gasteiger partial charge in [0.1, 0.15) is 0 Å². The van der Waals surface area contributed by atoms with Gasteiger partial charge in [-0.3, -0.25) is 4.79 Å². The van der Waals surface area contributed by atoms with E-state index in [2.05, 4.69) is 51.4 Å². The van der Waals surface area contributed by atoms with Crippen LogP contribution < -0.4 is 0 Å². The van der Waals surface area contributed by atoms with Crippen LogP contribution in [0.4, 0.5) is 0 Å². The fourth-order valence-electron chi connectivity index (χ4n) is 3.60. The van der Waals surface area contributed by atoms with Gasteiger partial charge < -0.3 is 9.88 Å². The zero-order valence-electron chi connectivity index (χ0n) is 13.3. The number of H-pyrrole nitrogens is 1. The first-order valence-corrected chi connectivity index (χ1v) is 9.12. The Bertz CT molecular complexity index is 861. The van der Waals surface area contributed by atoms with E-state index in [1.807, 2.05) is 29.2 Å². The number of carbonyl (C=O) groups excluding carboxylic acids is 1. The topological polar surface area (TPSA) is 36.1 Å². The van der Waals surface area contributed by atoms with Crippen LogP contribution in [0, 0.1) is 0 Å². The average molecular weight is 383 g/mol. The van der Waals surface area contributed by atoms with E-state index in [1.54, 1.807) is 0 Å². The Morgan fingerprint density at radius 2 is 1.75 bits per heavy atom. The Kier molecular flexibility index (Phi) is 4.15. The highest BCUT2D eigenvalue weighted by Crippen LogP contribution is 2.33. The SMILES string of the molecule is O=C(c1ccc(Br)cc1)N1CCC(c2c[nH]c3ccccc23)CC1. The van der Waals surface area contributed by atoms with E-state index in [0.717, 1.165) is 36.0 Å². The number of nitrogens with one attached hydrogen (secondary N) is 1. The van der Waals surface area contributed by atoms with Crippen LogP contribution in [0.3, 0.4) is 0 Å². The second-order valence-corrected chi connectivity index (χ2v) is 7.28. The lowest BCUT2D eigenvalue weighted by atomic mass is 9.89. The molecule has 122 valence electrons. The average Bonchev–Trinajstić information content (AvgIpc) is 3.06. The molecule has 0 saturated carbocycles. The lowest BCUT2D eigenvalue weighted by Crippen LogP contribution is -2.37. The number of amides is 1. The van der Waals surface area contributed by atoms with Crippen molar-refractivity contribution < 1.29 is 4.79 Å². The largest absolute Gasteiger partial charge is 0.361 e. The van der Waals surface area contributed by atoms with E-state index in [4.69, 9.17) is 0 Å². The van der Waals surface area contributed by atoms with Crippen molar-refractivity contribution in [2.45, 2.75) is 18.8 Å². The van der Waals surface area contributed by atoms with Gasteiger partial charge in [-0.2, -0.15) is 0 Å². The van der Waals surface area contributed by atoms with Gasteiger partial charge in [-0.05, 0) is 54.7 Å². The standard InChI is InChI=1S/C20H19BrN2O/c21-16-7-5-15(6-8-16)20(24)23-11-9-14(10-12-23)18-13-22-19-4-2-1-3-17(18)19/h1-8,13-14,22H,9-12H2. The highest BCUT2D eigenvalue weighted by Gasteiger charge is 2.25. The number of halogens is 1. The quantitative estimate of drug-likeness (QED) is 0.668. The molecular formula is C20H19BrN2O. The second-order valence-electron chi connectivity index (χ2n) is 6.36. The summed E-state index contributed by atoms with van der Waals surface area (Å²) in [5.41, 5.74) is 3.35. The fourth-order valence-corrected chi connectivity index (χ4v) is 3.86. The first-order chi connectivity index (χ1) is 11.7. The van der Waals surface area contributed by atoms with Crippen molar-refractivity contribution in [2.75, 3.05) is 13.1 Å². The number of hydrogen-bond donors (Lipinski definition) is 1. The molecule has 2 aromatic carbocycles. The molecule has 1 aromatic heterocycles. The summed E-state index contributed by atoms with van der Waals surface area (Å²) in [4.78, 5) is 18.0. The summed E-state index contributed by atoms with van der Waals surface area (Å²) >= 11 is 3.41. The van der Waals surface area contributed by atoms with Crippen LogP contribution in [0.15, 0.2) is 59.2 Å². The molecule has 24 heavy (non-hydrogen) atoms. The van der Waals surface area contributed by atoms with Crippen LogP contribution in [0.1, 0.15) is 34.7 Å². The Hall–Kier alpha value is -2.07. The number of nitrogens with zero attached hydrogens (tertiary/aromatic N) is 1. The van der Waals surface area contributed by atoms with Crippen molar-refractivity contribution in [2.24, 2.45) is 0 Å². The smallest absolute Gasteiger partial charge is 0.253 e. The molecule has 1 aliphatic rings. The molecule has 4 heteroatoms. The lowest BCUT2D eigenvalue weighted by Gasteiger charge is -2.32. The van der Waals surface area contributed by atoms with Crippen molar-refractivity contribution in [1.29, 1.82) is 0 Å². The molecule has 1 saturated heterocycles. The highest BCUT2D eigenvalue weighted by atomic mass is 79.9. The number of carbonyl (C=O) groups is 1. The second kappa shape index (κ2) is 6.44. The number of likely N-dealkylation sites (tertiary alicyclic amines) is 1. The molecule has 0 spiro atoms. The minimum Gasteiger partial charge on any atom is -0.361 e. The Labute approximate surface area is 149 Å². The first kappa shape index (κ1) is 15.5. The molecule has 1 fully saturated rings. The molecule has 1 N–H and O–H groups in total. The van der Waals surface area contributed by atoms with Gasteiger partial charge in [0.2, 0.25) is 0 Å². The fraction of sp³-hybridized carbons (Fsp3) is 0.250. The summed E-state index contributed by atoms with van der Waals surface area (Å²) in [6.07, 6.45) is 4.18. The molecule has 3 nitrogen and oxygen atoms in total. The van der Waals surface area contributed by atoms with Crippen LogP contribution in [0.5, 0.6) is 0 Å². The Balaban J connectivity index is 1.47. The number of aromatic amines is 1. The maximum absolute atomic E-state index is 12.6. The summed E-state index contributed by atoms with van der Waals surface area (Å²) in [5.74, 6) is 0.662. The van der Waals surface area contributed by atoms with Crippen molar-refractivity contribution in [1.82, 2.24) is 9.88 Å². The maximum atomic E-state index is 12.6. The number of fused-ring (bicyclic) bond motifs is 1. The Morgan fingerprint density at radius 1 is 1.04 bits per heavy atom. The van der Waals surface area contributed by atoms with Gasteiger partial charge >= 0.3 is 0 Å². The summed E-state index contributed by atoms with van der Waals surface area (Å²) in [5, 5.41) is 1.31. The van der Waals surface area contributed by atoms with Gasteiger partial charge in [0.15, 0.2) is 0 Å². The van der Waals surface area contributed by atoms with Gasteiger partial charge in [0.05, 0.1) is 0 Å². The third-order valence-electron chi connectivity index (χ3n) is 4.93. The van der Waals surface area contributed by atoms with Crippen molar-refractivity contribution in [3.05, 3.63) is 70.3 Å². The molecule has 0 unspecified atom stereocenters. The van der Waals surface area contributed by atoms with E-state index in [0.29, 0.717) is 5.92 Å². The maximum Gasteiger partial charge on any atom is 0.253 e. The van der Waals surface area contributed by atoms with Crippen molar-refractivity contribution in [3.8, 4) is 0 Å². The van der Waals surface area contributed by atoms with Gasteiger partial charge in [-0.25, -0.2) is 0 Å². The van der Waals surface area contributed by atoms with Crippen LogP contribution in [-0.2, 0) is 0 Å². The van der Waals surface area contributed by atoms with E-state index in [-0.39, 0.29) is 5.91 Å². The predicted octanol–water partition coefficient (Wildman–Crippen LogP) is 4.95. The molecule has 1 amide bonds. The molecule has 0 radical (unpaired) electrons. The Morgan fingerprint density at radius 3 is 2.50 bits per heavy atom. The summed E-state index contributed by atoms with van der Waals surface area (Å²) in [7, 11) is 0. The van der Waals surface area contributed by atoms with E-state index >= 15 is 0 Å². The highest BCUT2D eigenvalue weighted by molar-refractivity contribution is 9.10. The third-order valence-corrected chi connectivity index (χ3v) is 5.46. The van der Waals surface area contributed by atoms with E-state index in [1.165, 1.54) is 16.5 Å². The number of benzene rings is 2. The van der Waals surface area contributed by atoms with E-state index < -0.39 is 0 Å². The molecule has 0 aliphatic carbocycles. The van der Waals surface area contributed by atoms with E-state index in [9.17, 15) is 4.79 Å². The van der Waals surface area contributed by atoms with Crippen molar-refractivity contribution in [3.63, 3.8) is 0 Å². The van der Waals surface area contributed by atoms with Crippen LogP contribution >= 0.6 is 15.9 Å². The van der Waals surface area contributed by atoms with Crippen molar-refractivity contribution >= 4 is 32.7 Å². The summed E-state index contributed by atoms with van der Waals surface area (Å²) in [6, 6.07) is 16.1. The molecule has 1 aliphatic heterocycles. The van der Waals surface area contributed by atoms with Gasteiger partial charge in [-0.15, -0.1) is 0 Å². The number of rotatable bonds is 2. The summed E-state index contributed by atoms with van der Waals surface area (Å²) < 4.78 is 0.997. The molecule has 0 atom stereocenters. The number of piperidine rings is 1. The number of para-hydroxylation sites is 1. The van der Waals surface area contributed by atoms with Gasteiger partial charge in [0, 0.05) is 40.2 Å². The first-order valence-electron chi connectivity index (χ1n) is 8.33. The minimum absolute atomic E-state index is 0.139. The number of aromatic nitrogens is 1. The molecular weight excluding hydrogens is 364 g/mol. The molecule has 2 heterocycles. The van der Waals surface area contributed by atoms with Gasteiger partial charge in [-0.1, -0.05) is 34.1 Å². The van der Waals surface area contributed by atoms with Crippen LogP contribution in [0.2, 0.25) is 0 Å². The molecule has 0 bridgehead atoms. The lowest BCUT2D eigenvalue weighted by molar-refractivity contribution is 0.0713. The van der Waals surface area contributed by atoms with Crippen LogP contribution in [-0.4, -0.2) is 28.9 Å².